The van der Waals surface area contributed by atoms with Gasteiger partial charge in [-0.15, -0.1) is 11.3 Å². The number of hydrogen-bond donors (Lipinski definition) is 1. The first-order valence-corrected chi connectivity index (χ1v) is 9.70. The molecule has 2 amide bonds. The lowest BCUT2D eigenvalue weighted by atomic mass is 9.93. The Hall–Kier alpha value is -2.34. The van der Waals surface area contributed by atoms with Crippen molar-refractivity contribution in [3.05, 3.63) is 40.6 Å². The van der Waals surface area contributed by atoms with Crippen molar-refractivity contribution >= 4 is 34.5 Å². The molecule has 0 atom stereocenters. The van der Waals surface area contributed by atoms with Gasteiger partial charge in [0.05, 0.1) is 17.5 Å². The fourth-order valence-corrected chi connectivity index (χ4v) is 3.65. The number of carbonyl (C=O) groups excluding carboxylic acids is 2. The van der Waals surface area contributed by atoms with E-state index >= 15 is 0 Å². The van der Waals surface area contributed by atoms with Crippen molar-refractivity contribution in [2.24, 2.45) is 5.41 Å². The van der Waals surface area contributed by atoms with Gasteiger partial charge in [0, 0.05) is 17.1 Å². The van der Waals surface area contributed by atoms with E-state index in [9.17, 15) is 9.59 Å². The highest BCUT2D eigenvalue weighted by molar-refractivity contribution is 7.10. The van der Waals surface area contributed by atoms with Crippen LogP contribution in [0, 0.1) is 5.41 Å². The number of ether oxygens (including phenoxy) is 1. The molecule has 2 aromatic rings. The van der Waals surface area contributed by atoms with Gasteiger partial charge < -0.3 is 15.0 Å². The number of thiophene rings is 1. The monoisotopic (exact) mass is 372 g/mol. The number of anilines is 2. The number of amides is 2. The van der Waals surface area contributed by atoms with Gasteiger partial charge in [0.15, 0.2) is 0 Å². The maximum absolute atomic E-state index is 12.9. The van der Waals surface area contributed by atoms with E-state index in [1.54, 1.807) is 16.2 Å². The minimum atomic E-state index is -0.587. The van der Waals surface area contributed by atoms with Crippen LogP contribution in [0.15, 0.2) is 35.7 Å². The van der Waals surface area contributed by atoms with Crippen LogP contribution in [0.25, 0.3) is 0 Å². The second-order valence-electron chi connectivity index (χ2n) is 7.12. The summed E-state index contributed by atoms with van der Waals surface area (Å²) < 4.78 is 5.88. The zero-order valence-corrected chi connectivity index (χ0v) is 16.2. The summed E-state index contributed by atoms with van der Waals surface area (Å²) in [5.41, 5.74) is 0.801. The molecule has 6 heteroatoms. The lowest BCUT2D eigenvalue weighted by Crippen LogP contribution is -2.42. The molecule has 0 fully saturated rings. The first kappa shape index (κ1) is 18.5. The van der Waals surface area contributed by atoms with Crippen molar-refractivity contribution in [1.82, 2.24) is 0 Å². The van der Waals surface area contributed by atoms with E-state index in [-0.39, 0.29) is 11.8 Å². The van der Waals surface area contributed by atoms with Crippen LogP contribution >= 0.6 is 11.3 Å². The lowest BCUT2D eigenvalue weighted by molar-refractivity contribution is -0.127. The minimum absolute atomic E-state index is 0.0418. The highest BCUT2D eigenvalue weighted by atomic mass is 32.1. The summed E-state index contributed by atoms with van der Waals surface area (Å²) in [6.07, 6.45) is 1.19. The average molecular weight is 372 g/mol. The summed E-state index contributed by atoms with van der Waals surface area (Å²) in [7, 11) is 0. The Kier molecular flexibility index (Phi) is 5.32. The highest BCUT2D eigenvalue weighted by Gasteiger charge is 2.37. The summed E-state index contributed by atoms with van der Waals surface area (Å²) in [6.45, 7) is 6.79. The summed E-state index contributed by atoms with van der Waals surface area (Å²) in [5, 5.41) is 4.88. The maximum Gasteiger partial charge on any atom is 0.236 e. The van der Waals surface area contributed by atoms with Crippen molar-refractivity contribution in [1.29, 1.82) is 0 Å². The standard InChI is InChI=1S/C20H24N2O3S/c1-4-9-22-16-11-14(21-18(23)12-15-6-5-10-26-15)7-8-17(16)25-13-20(2,3)19(22)24/h5-8,10-11H,4,9,12-13H2,1-3H3,(H,21,23). The van der Waals surface area contributed by atoms with Crippen molar-refractivity contribution in [3.63, 3.8) is 0 Å². The molecular weight excluding hydrogens is 348 g/mol. The number of benzene rings is 1. The van der Waals surface area contributed by atoms with Gasteiger partial charge in [-0.3, -0.25) is 9.59 Å². The Balaban J connectivity index is 1.85. The molecule has 0 saturated carbocycles. The lowest BCUT2D eigenvalue weighted by Gasteiger charge is -2.27. The predicted molar refractivity (Wildman–Crippen MR) is 105 cm³/mol. The molecular formula is C20H24N2O3S. The third-order valence-electron chi connectivity index (χ3n) is 4.31. The first-order chi connectivity index (χ1) is 12.4. The number of hydrogen-bond acceptors (Lipinski definition) is 4. The number of fused-ring (bicyclic) bond motifs is 1. The Labute approximate surface area is 158 Å². The van der Waals surface area contributed by atoms with Crippen LogP contribution in [0.5, 0.6) is 5.75 Å². The molecule has 1 aromatic heterocycles. The van der Waals surface area contributed by atoms with Crippen LogP contribution in [0.2, 0.25) is 0 Å². The zero-order chi connectivity index (χ0) is 18.7. The normalized spacial score (nSPS) is 15.8. The molecule has 0 radical (unpaired) electrons. The van der Waals surface area contributed by atoms with Gasteiger partial charge in [0.1, 0.15) is 12.4 Å². The van der Waals surface area contributed by atoms with Gasteiger partial charge in [0.25, 0.3) is 0 Å². The molecule has 1 aromatic carbocycles. The molecule has 0 aliphatic carbocycles. The fraction of sp³-hybridized carbons (Fsp3) is 0.400. The SMILES string of the molecule is CCCN1C(=O)C(C)(C)COc2ccc(NC(=O)Cc3cccs3)cc21. The van der Waals surface area contributed by atoms with Crippen LogP contribution in [0.4, 0.5) is 11.4 Å². The molecule has 138 valence electrons. The summed E-state index contributed by atoms with van der Waals surface area (Å²) in [4.78, 5) is 28.0. The number of nitrogens with zero attached hydrogens (tertiary/aromatic N) is 1. The molecule has 5 nitrogen and oxygen atoms in total. The van der Waals surface area contributed by atoms with E-state index in [1.807, 2.05) is 56.5 Å². The number of carbonyl (C=O) groups is 2. The van der Waals surface area contributed by atoms with E-state index < -0.39 is 5.41 Å². The van der Waals surface area contributed by atoms with Crippen molar-refractivity contribution in [2.45, 2.75) is 33.6 Å². The van der Waals surface area contributed by atoms with Crippen molar-refractivity contribution < 1.29 is 14.3 Å². The van der Waals surface area contributed by atoms with E-state index in [2.05, 4.69) is 5.32 Å². The summed E-state index contributed by atoms with van der Waals surface area (Å²) in [5.74, 6) is 0.643. The Bertz CT molecular complexity index is 799. The van der Waals surface area contributed by atoms with Crippen LogP contribution in [-0.2, 0) is 16.0 Å². The van der Waals surface area contributed by atoms with Gasteiger partial charge in [-0.25, -0.2) is 0 Å². The smallest absolute Gasteiger partial charge is 0.236 e. The summed E-state index contributed by atoms with van der Waals surface area (Å²) >= 11 is 1.56. The summed E-state index contributed by atoms with van der Waals surface area (Å²) in [6, 6.07) is 9.35. The molecule has 1 aliphatic heterocycles. The molecule has 3 rings (SSSR count). The van der Waals surface area contributed by atoms with Gasteiger partial charge in [-0.1, -0.05) is 13.0 Å². The van der Waals surface area contributed by atoms with Crippen molar-refractivity contribution in [2.75, 3.05) is 23.4 Å². The van der Waals surface area contributed by atoms with E-state index in [0.29, 0.717) is 31.0 Å². The molecule has 26 heavy (non-hydrogen) atoms. The Morgan fingerprint density at radius 3 is 2.85 bits per heavy atom. The fourth-order valence-electron chi connectivity index (χ4n) is 2.94. The van der Waals surface area contributed by atoms with Gasteiger partial charge in [-0.2, -0.15) is 0 Å². The highest BCUT2D eigenvalue weighted by Crippen LogP contribution is 2.38. The van der Waals surface area contributed by atoms with Gasteiger partial charge >= 0.3 is 0 Å². The largest absolute Gasteiger partial charge is 0.490 e. The van der Waals surface area contributed by atoms with E-state index in [0.717, 1.165) is 17.0 Å². The molecule has 0 unspecified atom stereocenters. The average Bonchev–Trinajstić information content (AvgIpc) is 3.07. The second kappa shape index (κ2) is 7.50. The maximum atomic E-state index is 12.9. The number of nitrogens with one attached hydrogen (secondary N) is 1. The van der Waals surface area contributed by atoms with Crippen LogP contribution in [-0.4, -0.2) is 25.0 Å². The number of rotatable bonds is 5. The minimum Gasteiger partial charge on any atom is -0.490 e. The van der Waals surface area contributed by atoms with E-state index in [4.69, 9.17) is 4.74 Å². The van der Waals surface area contributed by atoms with E-state index in [1.165, 1.54) is 0 Å². The predicted octanol–water partition coefficient (Wildman–Crippen LogP) is 4.09. The van der Waals surface area contributed by atoms with Crippen LogP contribution in [0.1, 0.15) is 32.1 Å². The molecule has 0 saturated heterocycles. The third kappa shape index (κ3) is 3.90. The topological polar surface area (TPSA) is 58.6 Å². The molecule has 1 aliphatic rings. The quantitative estimate of drug-likeness (QED) is 0.860. The Morgan fingerprint density at radius 2 is 2.15 bits per heavy atom. The molecule has 2 heterocycles. The van der Waals surface area contributed by atoms with Gasteiger partial charge in [-0.05, 0) is 49.9 Å². The molecule has 0 spiro atoms. The van der Waals surface area contributed by atoms with Gasteiger partial charge in [0.2, 0.25) is 11.8 Å². The second-order valence-corrected chi connectivity index (χ2v) is 8.15. The third-order valence-corrected chi connectivity index (χ3v) is 5.18. The van der Waals surface area contributed by atoms with Crippen molar-refractivity contribution in [3.8, 4) is 5.75 Å². The zero-order valence-electron chi connectivity index (χ0n) is 15.4. The molecule has 0 bridgehead atoms. The van der Waals surface area contributed by atoms with Crippen LogP contribution < -0.4 is 15.0 Å². The molecule has 1 N–H and O–H groups in total. The van der Waals surface area contributed by atoms with Crippen LogP contribution in [0.3, 0.4) is 0 Å². The first-order valence-electron chi connectivity index (χ1n) is 8.82. The Morgan fingerprint density at radius 1 is 1.35 bits per heavy atom.